The number of rotatable bonds is 5. The molecule has 0 fully saturated rings. The van der Waals surface area contributed by atoms with Crippen LogP contribution in [0.25, 0.3) is 21.9 Å². The van der Waals surface area contributed by atoms with Gasteiger partial charge in [-0.1, -0.05) is 36.4 Å². The lowest BCUT2D eigenvalue weighted by Gasteiger charge is -2.22. The molecular formula is C20H19FN4O. The lowest BCUT2D eigenvalue weighted by Crippen LogP contribution is -2.35. The molecule has 0 saturated carbocycles. The second kappa shape index (κ2) is 6.63. The summed E-state index contributed by atoms with van der Waals surface area (Å²) < 4.78 is 16.8. The van der Waals surface area contributed by atoms with E-state index in [2.05, 4.69) is 5.10 Å². The molecule has 0 N–H and O–H groups in total. The van der Waals surface area contributed by atoms with Gasteiger partial charge in [-0.05, 0) is 18.2 Å². The summed E-state index contributed by atoms with van der Waals surface area (Å²) in [4.78, 5) is 14.5. The van der Waals surface area contributed by atoms with E-state index in [1.807, 2.05) is 70.9 Å². The number of halogens is 1. The van der Waals surface area contributed by atoms with Crippen LogP contribution in [0.15, 0.2) is 60.8 Å². The molecule has 0 aliphatic carbocycles. The van der Waals surface area contributed by atoms with Gasteiger partial charge in [-0.2, -0.15) is 5.10 Å². The first kappa shape index (κ1) is 16.3. The maximum Gasteiger partial charge on any atom is 0.247 e. The average molecular weight is 350 g/mol. The lowest BCUT2D eigenvalue weighted by atomic mass is 10.2. The first-order valence-corrected chi connectivity index (χ1v) is 8.51. The summed E-state index contributed by atoms with van der Waals surface area (Å²) in [5, 5.41) is 5.37. The predicted molar refractivity (Wildman–Crippen MR) is 101 cm³/mol. The van der Waals surface area contributed by atoms with Crippen LogP contribution in [0.5, 0.6) is 0 Å². The molecule has 4 aromatic rings. The Bertz CT molecular complexity index is 1070. The van der Waals surface area contributed by atoms with Crippen molar-refractivity contribution in [3.63, 3.8) is 0 Å². The molecule has 0 bridgehead atoms. The Hall–Kier alpha value is -3.15. The van der Waals surface area contributed by atoms with Crippen molar-refractivity contribution in [3.05, 3.63) is 60.8 Å². The molecule has 1 amide bonds. The Morgan fingerprint density at radius 1 is 1.08 bits per heavy atom. The molecule has 6 heteroatoms. The fraction of sp³-hybridized carbons (Fsp3) is 0.200. The number of fused-ring (bicyclic) bond motifs is 3. The highest BCUT2D eigenvalue weighted by atomic mass is 19.1. The van der Waals surface area contributed by atoms with Gasteiger partial charge in [0.2, 0.25) is 5.91 Å². The third-order valence-electron chi connectivity index (χ3n) is 4.63. The summed E-state index contributed by atoms with van der Waals surface area (Å²) in [6.07, 6.45) is 1.77. The van der Waals surface area contributed by atoms with Crippen molar-refractivity contribution < 1.29 is 9.18 Å². The van der Waals surface area contributed by atoms with E-state index in [0.717, 1.165) is 21.9 Å². The van der Waals surface area contributed by atoms with Crippen LogP contribution in [-0.2, 0) is 18.4 Å². The molecule has 0 unspecified atom stereocenters. The van der Waals surface area contributed by atoms with E-state index in [0.29, 0.717) is 5.69 Å². The Morgan fingerprint density at radius 3 is 2.58 bits per heavy atom. The summed E-state index contributed by atoms with van der Waals surface area (Å²) in [5.74, 6) is -0.152. The van der Waals surface area contributed by atoms with E-state index in [1.54, 1.807) is 6.20 Å². The Kier molecular flexibility index (Phi) is 4.16. The number of alkyl halides is 1. The molecule has 4 rings (SSSR count). The van der Waals surface area contributed by atoms with Crippen molar-refractivity contribution >= 4 is 33.5 Å². The lowest BCUT2D eigenvalue weighted by molar-refractivity contribution is -0.119. The van der Waals surface area contributed by atoms with Crippen LogP contribution in [0.3, 0.4) is 0 Å². The number of para-hydroxylation sites is 2. The summed E-state index contributed by atoms with van der Waals surface area (Å²) in [6.45, 7) is -0.418. The van der Waals surface area contributed by atoms with Crippen LogP contribution in [-0.4, -0.2) is 33.5 Å². The molecule has 26 heavy (non-hydrogen) atoms. The van der Waals surface area contributed by atoms with Crippen molar-refractivity contribution in [2.24, 2.45) is 7.05 Å². The Morgan fingerprint density at radius 2 is 1.81 bits per heavy atom. The summed E-state index contributed by atoms with van der Waals surface area (Å²) >= 11 is 0. The molecule has 0 saturated heterocycles. The third kappa shape index (κ3) is 2.63. The van der Waals surface area contributed by atoms with Crippen LogP contribution in [0.1, 0.15) is 0 Å². The normalized spacial score (nSPS) is 11.3. The number of hydrogen-bond acceptors (Lipinski definition) is 2. The molecule has 132 valence electrons. The molecule has 0 aliphatic heterocycles. The van der Waals surface area contributed by atoms with E-state index >= 15 is 0 Å². The fourth-order valence-electron chi connectivity index (χ4n) is 3.46. The van der Waals surface area contributed by atoms with Gasteiger partial charge in [0.25, 0.3) is 0 Å². The highest BCUT2D eigenvalue weighted by Gasteiger charge is 2.20. The first-order valence-electron chi connectivity index (χ1n) is 8.51. The standard InChI is InChI=1S/C20H19FN4O/c1-23-20-16-9-5-6-10-17(16)25(18(20)13-22-23)14-19(26)24(12-11-21)15-7-3-2-4-8-15/h2-10,13H,11-12,14H2,1H3. The van der Waals surface area contributed by atoms with E-state index in [9.17, 15) is 9.18 Å². The molecule has 2 aromatic heterocycles. The van der Waals surface area contributed by atoms with E-state index in [-0.39, 0.29) is 19.0 Å². The van der Waals surface area contributed by atoms with Crippen LogP contribution in [0.2, 0.25) is 0 Å². The zero-order chi connectivity index (χ0) is 18.1. The number of amides is 1. The van der Waals surface area contributed by atoms with Gasteiger partial charge in [-0.25, -0.2) is 4.39 Å². The minimum atomic E-state index is -0.588. The number of nitrogens with zero attached hydrogens (tertiary/aromatic N) is 4. The van der Waals surface area contributed by atoms with E-state index in [4.69, 9.17) is 0 Å². The fourth-order valence-corrected chi connectivity index (χ4v) is 3.46. The van der Waals surface area contributed by atoms with Crippen LogP contribution in [0, 0.1) is 0 Å². The minimum Gasteiger partial charge on any atom is -0.328 e. The van der Waals surface area contributed by atoms with Gasteiger partial charge in [0.05, 0.1) is 29.3 Å². The maximum absolute atomic E-state index is 13.1. The van der Waals surface area contributed by atoms with Crippen LogP contribution < -0.4 is 4.90 Å². The van der Waals surface area contributed by atoms with E-state index in [1.165, 1.54) is 4.90 Å². The van der Waals surface area contributed by atoms with Gasteiger partial charge in [-0.3, -0.25) is 9.48 Å². The highest BCUT2D eigenvalue weighted by molar-refractivity contribution is 6.07. The van der Waals surface area contributed by atoms with Crippen molar-refractivity contribution in [1.82, 2.24) is 14.3 Å². The molecule has 0 spiro atoms. The SMILES string of the molecule is Cn1ncc2c1c1ccccc1n2CC(=O)N(CCF)c1ccccc1. The second-order valence-electron chi connectivity index (χ2n) is 6.18. The highest BCUT2D eigenvalue weighted by Crippen LogP contribution is 2.28. The number of anilines is 1. The summed E-state index contributed by atoms with van der Waals surface area (Å²) in [6, 6.07) is 17.1. The number of benzene rings is 2. The Balaban J connectivity index is 1.77. The minimum absolute atomic E-state index is 0.0399. The van der Waals surface area contributed by atoms with Gasteiger partial charge in [-0.15, -0.1) is 0 Å². The molecule has 0 radical (unpaired) electrons. The number of carbonyl (C=O) groups is 1. The molecule has 2 heterocycles. The zero-order valence-electron chi connectivity index (χ0n) is 14.5. The van der Waals surface area contributed by atoms with Gasteiger partial charge in [0.1, 0.15) is 13.2 Å². The van der Waals surface area contributed by atoms with E-state index < -0.39 is 6.67 Å². The predicted octanol–water partition coefficient (Wildman–Crippen LogP) is 3.53. The third-order valence-corrected chi connectivity index (χ3v) is 4.63. The summed E-state index contributed by atoms with van der Waals surface area (Å²) in [7, 11) is 1.89. The molecule has 5 nitrogen and oxygen atoms in total. The zero-order valence-corrected chi connectivity index (χ0v) is 14.5. The first-order chi connectivity index (χ1) is 12.7. The van der Waals surface area contributed by atoms with Gasteiger partial charge >= 0.3 is 0 Å². The van der Waals surface area contributed by atoms with Crippen molar-refractivity contribution in [1.29, 1.82) is 0 Å². The maximum atomic E-state index is 13.1. The van der Waals surface area contributed by atoms with Gasteiger partial charge in [0, 0.05) is 18.1 Å². The molecule has 2 aromatic carbocycles. The van der Waals surface area contributed by atoms with Crippen molar-refractivity contribution in [3.8, 4) is 0 Å². The number of carbonyl (C=O) groups excluding carboxylic acids is 1. The number of hydrogen-bond donors (Lipinski definition) is 0. The smallest absolute Gasteiger partial charge is 0.247 e. The van der Waals surface area contributed by atoms with Gasteiger partial charge in [0.15, 0.2) is 0 Å². The van der Waals surface area contributed by atoms with Crippen LogP contribution >= 0.6 is 0 Å². The monoisotopic (exact) mass is 350 g/mol. The average Bonchev–Trinajstić information content (AvgIpc) is 3.19. The molecular weight excluding hydrogens is 331 g/mol. The largest absolute Gasteiger partial charge is 0.328 e. The summed E-state index contributed by atoms with van der Waals surface area (Å²) in [5.41, 5.74) is 3.56. The molecule has 0 atom stereocenters. The quantitative estimate of drug-likeness (QED) is 0.553. The molecule has 0 aliphatic rings. The topological polar surface area (TPSA) is 43.1 Å². The number of aromatic nitrogens is 3. The van der Waals surface area contributed by atoms with Crippen molar-refractivity contribution in [2.45, 2.75) is 6.54 Å². The van der Waals surface area contributed by atoms with Crippen molar-refractivity contribution in [2.75, 3.05) is 18.1 Å². The number of aryl methyl sites for hydroxylation is 1. The Labute approximate surface area is 150 Å². The second-order valence-corrected chi connectivity index (χ2v) is 6.18. The van der Waals surface area contributed by atoms with Crippen LogP contribution in [0.4, 0.5) is 10.1 Å². The van der Waals surface area contributed by atoms with Gasteiger partial charge < -0.3 is 9.47 Å².